The van der Waals surface area contributed by atoms with E-state index in [1.807, 2.05) is 0 Å². The maximum atomic E-state index is 6.33. The summed E-state index contributed by atoms with van der Waals surface area (Å²) in [5.41, 5.74) is 6.33. The number of likely N-dealkylation sites (N-methyl/N-ethyl adjacent to an activating group) is 1. The van der Waals surface area contributed by atoms with Crippen LogP contribution < -0.4 is 5.73 Å². The Morgan fingerprint density at radius 3 is 2.50 bits per heavy atom. The molecule has 18 heavy (non-hydrogen) atoms. The minimum Gasteiger partial charge on any atom is -0.377 e. The molecule has 2 N–H and O–H groups in total. The molecule has 0 aromatic rings. The van der Waals surface area contributed by atoms with Crippen LogP contribution in [0.15, 0.2) is 0 Å². The van der Waals surface area contributed by atoms with Crippen molar-refractivity contribution in [3.8, 4) is 0 Å². The third-order valence-electron chi connectivity index (χ3n) is 4.18. The second-order valence-electron chi connectivity index (χ2n) is 6.56. The Kier molecular flexibility index (Phi) is 6.61. The van der Waals surface area contributed by atoms with Gasteiger partial charge in [-0.15, -0.1) is 0 Å². The van der Waals surface area contributed by atoms with Crippen LogP contribution in [0.4, 0.5) is 0 Å². The molecule has 4 unspecified atom stereocenters. The summed E-state index contributed by atoms with van der Waals surface area (Å²) < 4.78 is 5.60. The SMILES string of the molecule is CC1CC(C)C(CN(C)CCOC(C)C)C(N)C1. The van der Waals surface area contributed by atoms with Crippen molar-refractivity contribution in [2.75, 3.05) is 26.7 Å². The highest BCUT2D eigenvalue weighted by Crippen LogP contribution is 2.33. The summed E-state index contributed by atoms with van der Waals surface area (Å²) in [6, 6.07) is 0.372. The summed E-state index contributed by atoms with van der Waals surface area (Å²) in [5.74, 6) is 2.18. The average Bonchev–Trinajstić information content (AvgIpc) is 2.22. The van der Waals surface area contributed by atoms with Crippen molar-refractivity contribution in [3.05, 3.63) is 0 Å². The Bertz CT molecular complexity index is 221. The number of nitrogens with zero attached hydrogens (tertiary/aromatic N) is 1. The minimum absolute atomic E-state index is 0.329. The van der Waals surface area contributed by atoms with E-state index in [-0.39, 0.29) is 0 Å². The summed E-state index contributed by atoms with van der Waals surface area (Å²) in [6.07, 6.45) is 2.84. The second-order valence-corrected chi connectivity index (χ2v) is 6.56. The van der Waals surface area contributed by atoms with E-state index >= 15 is 0 Å². The van der Waals surface area contributed by atoms with Gasteiger partial charge in [-0.05, 0) is 51.5 Å². The van der Waals surface area contributed by atoms with Crippen molar-refractivity contribution in [2.45, 2.75) is 52.7 Å². The Morgan fingerprint density at radius 1 is 1.28 bits per heavy atom. The average molecular weight is 256 g/mol. The van der Waals surface area contributed by atoms with E-state index < -0.39 is 0 Å². The van der Waals surface area contributed by atoms with Crippen LogP contribution in [0, 0.1) is 17.8 Å². The molecular formula is C15H32N2O. The number of hydrogen-bond donors (Lipinski definition) is 1. The largest absolute Gasteiger partial charge is 0.377 e. The van der Waals surface area contributed by atoms with Gasteiger partial charge in [0.25, 0.3) is 0 Å². The maximum absolute atomic E-state index is 6.33. The van der Waals surface area contributed by atoms with Gasteiger partial charge in [-0.2, -0.15) is 0 Å². The Hall–Kier alpha value is -0.120. The summed E-state index contributed by atoms with van der Waals surface area (Å²) in [6.45, 7) is 11.8. The first-order valence-electron chi connectivity index (χ1n) is 7.45. The summed E-state index contributed by atoms with van der Waals surface area (Å²) >= 11 is 0. The van der Waals surface area contributed by atoms with Crippen molar-refractivity contribution in [1.82, 2.24) is 4.90 Å². The van der Waals surface area contributed by atoms with Crippen LogP contribution in [0.25, 0.3) is 0 Å². The lowest BCUT2D eigenvalue weighted by atomic mass is 9.72. The zero-order valence-electron chi connectivity index (χ0n) is 12.9. The van der Waals surface area contributed by atoms with Crippen molar-refractivity contribution in [2.24, 2.45) is 23.5 Å². The van der Waals surface area contributed by atoms with Gasteiger partial charge < -0.3 is 15.4 Å². The lowest BCUT2D eigenvalue weighted by Crippen LogP contribution is -2.46. The molecule has 0 aliphatic heterocycles. The van der Waals surface area contributed by atoms with Gasteiger partial charge in [-0.25, -0.2) is 0 Å². The molecule has 0 bridgehead atoms. The molecular weight excluding hydrogens is 224 g/mol. The fourth-order valence-electron chi connectivity index (χ4n) is 3.18. The normalized spacial score (nSPS) is 33.3. The molecule has 1 rings (SSSR count). The summed E-state index contributed by atoms with van der Waals surface area (Å²) in [5, 5.41) is 0. The zero-order chi connectivity index (χ0) is 13.7. The van der Waals surface area contributed by atoms with Crippen LogP contribution in [0.5, 0.6) is 0 Å². The molecule has 0 heterocycles. The predicted octanol–water partition coefficient (Wildman–Crippen LogP) is 2.35. The smallest absolute Gasteiger partial charge is 0.0596 e. The second kappa shape index (κ2) is 7.46. The molecule has 1 fully saturated rings. The third kappa shape index (κ3) is 5.25. The molecule has 0 radical (unpaired) electrons. The fraction of sp³-hybridized carbons (Fsp3) is 1.00. The van der Waals surface area contributed by atoms with Crippen molar-refractivity contribution >= 4 is 0 Å². The van der Waals surface area contributed by atoms with Gasteiger partial charge in [0.05, 0.1) is 12.7 Å². The van der Waals surface area contributed by atoms with Crippen LogP contribution >= 0.6 is 0 Å². The lowest BCUT2D eigenvalue weighted by molar-refractivity contribution is 0.0533. The van der Waals surface area contributed by atoms with E-state index in [2.05, 4.69) is 39.6 Å². The quantitative estimate of drug-likeness (QED) is 0.793. The fourth-order valence-corrected chi connectivity index (χ4v) is 3.18. The van der Waals surface area contributed by atoms with E-state index in [1.165, 1.54) is 12.8 Å². The van der Waals surface area contributed by atoms with E-state index in [1.54, 1.807) is 0 Å². The van der Waals surface area contributed by atoms with Gasteiger partial charge >= 0.3 is 0 Å². The van der Waals surface area contributed by atoms with Gasteiger partial charge in [0.15, 0.2) is 0 Å². The Labute approximate surface area is 113 Å². The molecule has 0 spiro atoms. The van der Waals surface area contributed by atoms with Crippen molar-refractivity contribution < 1.29 is 4.74 Å². The van der Waals surface area contributed by atoms with Crippen molar-refractivity contribution in [1.29, 1.82) is 0 Å². The maximum Gasteiger partial charge on any atom is 0.0596 e. The van der Waals surface area contributed by atoms with Crippen molar-refractivity contribution in [3.63, 3.8) is 0 Å². The van der Waals surface area contributed by atoms with Gasteiger partial charge in [0.1, 0.15) is 0 Å². The molecule has 0 saturated heterocycles. The monoisotopic (exact) mass is 256 g/mol. The molecule has 1 saturated carbocycles. The standard InChI is InChI=1S/C15H32N2O/c1-11(2)18-7-6-17(5)10-14-13(4)8-12(3)9-15(14)16/h11-15H,6-10,16H2,1-5H3. The number of hydrogen-bond acceptors (Lipinski definition) is 3. The molecule has 1 aliphatic carbocycles. The molecule has 0 aromatic carbocycles. The minimum atomic E-state index is 0.329. The Morgan fingerprint density at radius 2 is 1.94 bits per heavy atom. The summed E-state index contributed by atoms with van der Waals surface area (Å²) in [7, 11) is 2.18. The molecule has 0 aromatic heterocycles. The molecule has 1 aliphatic rings. The number of nitrogens with two attached hydrogens (primary N) is 1. The summed E-state index contributed by atoms with van der Waals surface area (Å²) in [4.78, 5) is 2.37. The third-order valence-corrected chi connectivity index (χ3v) is 4.18. The van der Waals surface area contributed by atoms with Crippen LogP contribution in [-0.4, -0.2) is 43.8 Å². The van der Waals surface area contributed by atoms with Crippen LogP contribution in [0.3, 0.4) is 0 Å². The van der Waals surface area contributed by atoms with Gasteiger partial charge in [-0.3, -0.25) is 0 Å². The lowest BCUT2D eigenvalue weighted by Gasteiger charge is -2.39. The first-order valence-corrected chi connectivity index (χ1v) is 7.45. The van der Waals surface area contributed by atoms with Crippen LogP contribution in [0.1, 0.15) is 40.5 Å². The zero-order valence-corrected chi connectivity index (χ0v) is 12.9. The molecule has 3 heteroatoms. The predicted molar refractivity (Wildman–Crippen MR) is 77.6 cm³/mol. The Balaban J connectivity index is 2.31. The van der Waals surface area contributed by atoms with Crippen LogP contribution in [-0.2, 0) is 4.74 Å². The number of rotatable bonds is 6. The van der Waals surface area contributed by atoms with E-state index in [9.17, 15) is 0 Å². The molecule has 0 amide bonds. The first-order chi connectivity index (χ1) is 8.40. The molecule has 3 nitrogen and oxygen atoms in total. The highest BCUT2D eigenvalue weighted by atomic mass is 16.5. The molecule has 4 atom stereocenters. The molecule has 108 valence electrons. The van der Waals surface area contributed by atoms with Gasteiger partial charge in [-0.1, -0.05) is 13.8 Å². The topological polar surface area (TPSA) is 38.5 Å². The van der Waals surface area contributed by atoms with E-state index in [0.717, 1.165) is 31.5 Å². The van der Waals surface area contributed by atoms with Gasteiger partial charge in [0, 0.05) is 19.1 Å². The van der Waals surface area contributed by atoms with Gasteiger partial charge in [0.2, 0.25) is 0 Å². The number of ether oxygens (including phenoxy) is 1. The van der Waals surface area contributed by atoms with E-state index in [0.29, 0.717) is 18.1 Å². The van der Waals surface area contributed by atoms with Crippen LogP contribution in [0.2, 0.25) is 0 Å². The highest BCUT2D eigenvalue weighted by molar-refractivity contribution is 4.86. The highest BCUT2D eigenvalue weighted by Gasteiger charge is 2.32. The van der Waals surface area contributed by atoms with E-state index in [4.69, 9.17) is 10.5 Å². The first kappa shape index (κ1) is 15.9.